The molecule has 2 fully saturated rings. The molecule has 0 bridgehead atoms. The van der Waals surface area contributed by atoms with Gasteiger partial charge in [-0.25, -0.2) is 0 Å². The van der Waals surface area contributed by atoms with Gasteiger partial charge >= 0.3 is 0 Å². The van der Waals surface area contributed by atoms with E-state index in [1.54, 1.807) is 7.05 Å². The number of amides is 1. The normalized spacial score (nSPS) is 19.7. The minimum atomic E-state index is -0.0483. The second-order valence-corrected chi connectivity index (χ2v) is 7.45. The minimum absolute atomic E-state index is 0.0483. The highest BCUT2D eigenvalue weighted by Crippen LogP contribution is 2.35. The Morgan fingerprint density at radius 2 is 1.85 bits per heavy atom. The quantitative estimate of drug-likeness (QED) is 0.920. The third-order valence-corrected chi connectivity index (χ3v) is 6.04. The summed E-state index contributed by atoms with van der Waals surface area (Å²) in [7, 11) is 1.67. The molecule has 138 valence electrons. The van der Waals surface area contributed by atoms with E-state index in [0.717, 1.165) is 54.6 Å². The van der Waals surface area contributed by atoms with Crippen LogP contribution in [-0.4, -0.2) is 44.2 Å². The Hall–Kier alpha value is -2.14. The maximum absolute atomic E-state index is 12.0. The Kier molecular flexibility index (Phi) is 5.07. The molecule has 0 unspecified atom stereocenters. The first-order valence-electron chi connectivity index (χ1n) is 9.69. The van der Waals surface area contributed by atoms with Crippen molar-refractivity contribution < 1.29 is 9.53 Å². The number of carbonyl (C=O) groups is 1. The van der Waals surface area contributed by atoms with Crippen LogP contribution in [0.25, 0.3) is 10.8 Å². The molecule has 1 aromatic heterocycles. The minimum Gasteiger partial charge on any atom is -0.381 e. The van der Waals surface area contributed by atoms with Gasteiger partial charge in [-0.3, -0.25) is 9.78 Å². The second kappa shape index (κ2) is 7.62. The number of fused-ring (bicyclic) bond motifs is 1. The summed E-state index contributed by atoms with van der Waals surface area (Å²) in [5.41, 5.74) is 1.85. The van der Waals surface area contributed by atoms with Crippen LogP contribution in [0.2, 0.25) is 0 Å². The average Bonchev–Trinajstić information content (AvgIpc) is 2.73. The zero-order valence-corrected chi connectivity index (χ0v) is 15.4. The van der Waals surface area contributed by atoms with Crippen molar-refractivity contribution in [3.63, 3.8) is 0 Å². The number of benzene rings is 1. The van der Waals surface area contributed by atoms with E-state index in [0.29, 0.717) is 5.56 Å². The van der Waals surface area contributed by atoms with E-state index >= 15 is 0 Å². The second-order valence-electron chi connectivity index (χ2n) is 7.45. The highest BCUT2D eigenvalue weighted by Gasteiger charge is 2.28. The number of ether oxygens (including phenoxy) is 1. The van der Waals surface area contributed by atoms with E-state index in [1.165, 1.54) is 25.7 Å². The Bertz CT molecular complexity index is 778. The first-order valence-corrected chi connectivity index (χ1v) is 9.69. The summed E-state index contributed by atoms with van der Waals surface area (Å²) < 4.78 is 5.52. The summed E-state index contributed by atoms with van der Waals surface area (Å²) in [4.78, 5) is 18.9. The number of nitrogens with one attached hydrogen (secondary N) is 1. The van der Waals surface area contributed by atoms with Crippen LogP contribution < -0.4 is 10.2 Å². The smallest absolute Gasteiger partial charge is 0.251 e. The first kappa shape index (κ1) is 17.3. The summed E-state index contributed by atoms with van der Waals surface area (Å²) >= 11 is 0. The van der Waals surface area contributed by atoms with E-state index in [2.05, 4.69) is 15.2 Å². The molecular formula is C21H27N3O2. The van der Waals surface area contributed by atoms with E-state index in [-0.39, 0.29) is 5.91 Å². The number of pyridine rings is 1. The molecule has 1 amide bonds. The third kappa shape index (κ3) is 3.40. The van der Waals surface area contributed by atoms with E-state index in [4.69, 9.17) is 4.74 Å². The highest BCUT2D eigenvalue weighted by atomic mass is 16.5. The lowest BCUT2D eigenvalue weighted by Crippen LogP contribution is -2.37. The molecular weight excluding hydrogens is 326 g/mol. The van der Waals surface area contributed by atoms with E-state index in [1.807, 2.05) is 30.6 Å². The van der Waals surface area contributed by atoms with Crippen LogP contribution in [0.3, 0.4) is 0 Å². The molecule has 2 aromatic rings. The predicted molar refractivity (Wildman–Crippen MR) is 104 cm³/mol. The number of aromatic nitrogens is 1. The fraction of sp³-hybridized carbons (Fsp3) is 0.524. The van der Waals surface area contributed by atoms with Gasteiger partial charge in [-0.2, -0.15) is 0 Å². The van der Waals surface area contributed by atoms with Crippen molar-refractivity contribution >= 4 is 22.4 Å². The monoisotopic (exact) mass is 353 g/mol. The van der Waals surface area contributed by atoms with Gasteiger partial charge in [-0.05, 0) is 49.7 Å². The molecule has 0 spiro atoms. The SMILES string of the molecule is CNC(=O)c1ccc2cncc(N3CCC(C4CCOCC4)CC3)c2c1. The van der Waals surface area contributed by atoms with Crippen LogP contribution in [0.4, 0.5) is 5.69 Å². The van der Waals surface area contributed by atoms with Crippen molar-refractivity contribution in [2.45, 2.75) is 25.7 Å². The fourth-order valence-corrected chi connectivity index (χ4v) is 4.48. The molecule has 2 aliphatic heterocycles. The lowest BCUT2D eigenvalue weighted by atomic mass is 9.80. The standard InChI is InChI=1S/C21H27N3O2/c1-22-21(25)17-2-3-18-13-23-14-20(19(18)12-17)24-8-4-15(5-9-24)16-6-10-26-11-7-16/h2-3,12-16H,4-11H2,1H3,(H,22,25). The summed E-state index contributed by atoms with van der Waals surface area (Å²) in [6, 6.07) is 5.85. The number of rotatable bonds is 3. The van der Waals surface area contributed by atoms with Gasteiger partial charge < -0.3 is 15.0 Å². The predicted octanol–water partition coefficient (Wildman–Crippen LogP) is 3.24. The van der Waals surface area contributed by atoms with Gasteiger partial charge in [0.15, 0.2) is 0 Å². The van der Waals surface area contributed by atoms with Gasteiger partial charge in [0, 0.05) is 55.9 Å². The molecule has 0 saturated carbocycles. The molecule has 0 radical (unpaired) electrons. The Balaban J connectivity index is 1.54. The fourth-order valence-electron chi connectivity index (χ4n) is 4.48. The van der Waals surface area contributed by atoms with E-state index < -0.39 is 0 Å². The van der Waals surface area contributed by atoms with Gasteiger partial charge in [-0.1, -0.05) is 6.07 Å². The topological polar surface area (TPSA) is 54.5 Å². The average molecular weight is 353 g/mol. The summed E-state index contributed by atoms with van der Waals surface area (Å²) in [5.74, 6) is 1.60. The maximum Gasteiger partial charge on any atom is 0.251 e. The van der Waals surface area contributed by atoms with Crippen LogP contribution in [0.5, 0.6) is 0 Å². The molecule has 3 heterocycles. The summed E-state index contributed by atoms with van der Waals surface area (Å²) in [6.07, 6.45) is 8.73. The zero-order valence-electron chi connectivity index (χ0n) is 15.4. The number of hydrogen-bond donors (Lipinski definition) is 1. The van der Waals surface area contributed by atoms with Gasteiger partial charge in [0.25, 0.3) is 5.91 Å². The molecule has 5 heteroatoms. The van der Waals surface area contributed by atoms with E-state index in [9.17, 15) is 4.79 Å². The largest absolute Gasteiger partial charge is 0.381 e. The van der Waals surface area contributed by atoms with Gasteiger partial charge in [0.05, 0.1) is 11.9 Å². The number of piperidine rings is 1. The third-order valence-electron chi connectivity index (χ3n) is 6.04. The molecule has 1 N–H and O–H groups in total. The molecule has 2 aliphatic rings. The van der Waals surface area contributed by atoms with Gasteiger partial charge in [-0.15, -0.1) is 0 Å². The van der Waals surface area contributed by atoms with Gasteiger partial charge in [0.2, 0.25) is 0 Å². The molecule has 1 aromatic carbocycles. The molecule has 26 heavy (non-hydrogen) atoms. The lowest BCUT2D eigenvalue weighted by molar-refractivity contribution is 0.0419. The van der Waals surface area contributed by atoms with Crippen molar-refractivity contribution in [3.05, 3.63) is 36.2 Å². The van der Waals surface area contributed by atoms with Crippen molar-refractivity contribution in [1.29, 1.82) is 0 Å². The highest BCUT2D eigenvalue weighted by molar-refractivity contribution is 6.01. The molecule has 0 atom stereocenters. The number of nitrogens with zero attached hydrogens (tertiary/aromatic N) is 2. The first-order chi connectivity index (χ1) is 12.8. The van der Waals surface area contributed by atoms with Crippen LogP contribution >= 0.6 is 0 Å². The van der Waals surface area contributed by atoms with Crippen LogP contribution in [0.1, 0.15) is 36.0 Å². The van der Waals surface area contributed by atoms with Crippen molar-refractivity contribution in [1.82, 2.24) is 10.3 Å². The Morgan fingerprint density at radius 1 is 1.12 bits per heavy atom. The van der Waals surface area contributed by atoms with Crippen LogP contribution in [0, 0.1) is 11.8 Å². The van der Waals surface area contributed by atoms with Crippen molar-refractivity contribution in [2.24, 2.45) is 11.8 Å². The lowest BCUT2D eigenvalue weighted by Gasteiger charge is -2.38. The molecule has 2 saturated heterocycles. The maximum atomic E-state index is 12.0. The number of anilines is 1. The molecule has 5 nitrogen and oxygen atoms in total. The number of hydrogen-bond acceptors (Lipinski definition) is 4. The van der Waals surface area contributed by atoms with Crippen molar-refractivity contribution in [3.8, 4) is 0 Å². The molecule has 4 rings (SSSR count). The van der Waals surface area contributed by atoms with Crippen LogP contribution in [-0.2, 0) is 4.74 Å². The summed E-state index contributed by atoms with van der Waals surface area (Å²) in [6.45, 7) is 3.99. The van der Waals surface area contributed by atoms with Crippen LogP contribution in [0.15, 0.2) is 30.6 Å². The number of carbonyl (C=O) groups excluding carboxylic acids is 1. The van der Waals surface area contributed by atoms with Gasteiger partial charge in [0.1, 0.15) is 0 Å². The summed E-state index contributed by atoms with van der Waals surface area (Å²) in [5, 5.41) is 4.91. The molecule has 0 aliphatic carbocycles. The Morgan fingerprint density at radius 3 is 2.58 bits per heavy atom. The Labute approximate surface area is 154 Å². The zero-order chi connectivity index (χ0) is 17.9. The van der Waals surface area contributed by atoms with Crippen molar-refractivity contribution in [2.75, 3.05) is 38.3 Å².